The van der Waals surface area contributed by atoms with Gasteiger partial charge in [0.2, 0.25) is 5.16 Å². The van der Waals surface area contributed by atoms with Crippen LogP contribution in [0.25, 0.3) is 5.78 Å². The second-order valence-corrected chi connectivity index (χ2v) is 6.04. The zero-order valence-electron chi connectivity index (χ0n) is 11.6. The van der Waals surface area contributed by atoms with Gasteiger partial charge < -0.3 is 0 Å². The van der Waals surface area contributed by atoms with Crippen LogP contribution in [0.5, 0.6) is 0 Å². The second-order valence-electron chi connectivity index (χ2n) is 4.62. The van der Waals surface area contributed by atoms with E-state index in [0.717, 1.165) is 11.4 Å². The first-order valence-electron chi connectivity index (χ1n) is 6.27. The molecule has 0 fully saturated rings. The molecule has 1 aromatic carbocycles. The third-order valence-corrected chi connectivity index (χ3v) is 4.28. The molecular weight excluding hydrogens is 326 g/mol. The summed E-state index contributed by atoms with van der Waals surface area (Å²) in [6, 6.07) is 6.21. The van der Waals surface area contributed by atoms with E-state index in [1.807, 2.05) is 19.9 Å². The molecule has 0 bridgehead atoms. The molecule has 0 aliphatic heterocycles. The number of fused-ring (bicyclic) bond motifs is 1. The van der Waals surface area contributed by atoms with E-state index in [-0.39, 0.29) is 5.69 Å². The van der Waals surface area contributed by atoms with Crippen molar-refractivity contribution in [3.63, 3.8) is 0 Å². The summed E-state index contributed by atoms with van der Waals surface area (Å²) in [5.41, 5.74) is 1.74. The molecule has 0 saturated heterocycles. The van der Waals surface area contributed by atoms with Gasteiger partial charge in [-0.1, -0.05) is 11.6 Å². The minimum Gasteiger partial charge on any atom is -0.258 e. The number of non-ortho nitro benzene ring substituents is 1. The number of nitro benzene ring substituents is 1. The van der Waals surface area contributed by atoms with Gasteiger partial charge in [-0.2, -0.15) is 4.98 Å². The average molecular weight is 336 g/mol. The molecule has 2 heterocycles. The molecule has 0 aliphatic rings. The van der Waals surface area contributed by atoms with E-state index in [4.69, 9.17) is 11.6 Å². The number of benzene rings is 1. The van der Waals surface area contributed by atoms with Gasteiger partial charge in [0, 0.05) is 28.4 Å². The number of hydrogen-bond acceptors (Lipinski definition) is 6. The van der Waals surface area contributed by atoms with Gasteiger partial charge in [0.05, 0.1) is 9.95 Å². The first-order valence-corrected chi connectivity index (χ1v) is 7.46. The Morgan fingerprint density at radius 1 is 1.27 bits per heavy atom. The van der Waals surface area contributed by atoms with Gasteiger partial charge in [0.25, 0.3) is 11.5 Å². The number of hydrogen-bond donors (Lipinski definition) is 0. The van der Waals surface area contributed by atoms with E-state index in [9.17, 15) is 10.1 Å². The third-order valence-electron chi connectivity index (χ3n) is 2.93. The Kier molecular flexibility index (Phi) is 3.71. The highest BCUT2D eigenvalue weighted by molar-refractivity contribution is 7.99. The molecule has 0 amide bonds. The highest BCUT2D eigenvalue weighted by Crippen LogP contribution is 2.33. The maximum absolute atomic E-state index is 10.7. The van der Waals surface area contributed by atoms with Gasteiger partial charge in [-0.05, 0) is 37.7 Å². The summed E-state index contributed by atoms with van der Waals surface area (Å²) in [6.45, 7) is 3.81. The summed E-state index contributed by atoms with van der Waals surface area (Å²) in [5, 5.41) is 15.8. The molecule has 0 unspecified atom stereocenters. The monoisotopic (exact) mass is 335 g/mol. The van der Waals surface area contributed by atoms with Crippen molar-refractivity contribution in [1.29, 1.82) is 0 Å². The highest BCUT2D eigenvalue weighted by Gasteiger charge is 2.14. The molecule has 0 atom stereocenters. The normalized spacial score (nSPS) is 11.0. The summed E-state index contributed by atoms with van der Waals surface area (Å²) >= 11 is 7.31. The molecule has 0 N–H and O–H groups in total. The fourth-order valence-electron chi connectivity index (χ4n) is 1.98. The lowest BCUT2D eigenvalue weighted by atomic mass is 10.3. The van der Waals surface area contributed by atoms with Crippen molar-refractivity contribution >= 4 is 34.8 Å². The first kappa shape index (κ1) is 14.7. The molecule has 2 aromatic heterocycles. The Bertz CT molecular complexity index is 896. The van der Waals surface area contributed by atoms with Crippen LogP contribution in [0.2, 0.25) is 5.02 Å². The molecule has 22 heavy (non-hydrogen) atoms. The quantitative estimate of drug-likeness (QED) is 0.538. The van der Waals surface area contributed by atoms with E-state index in [1.165, 1.54) is 23.9 Å². The molecule has 3 rings (SSSR count). The lowest BCUT2D eigenvalue weighted by Crippen LogP contribution is -1.97. The van der Waals surface area contributed by atoms with Gasteiger partial charge in [0.1, 0.15) is 0 Å². The maximum Gasteiger partial charge on any atom is 0.270 e. The molecule has 0 spiro atoms. The minimum absolute atomic E-state index is 0.0505. The predicted molar refractivity (Wildman–Crippen MR) is 82.5 cm³/mol. The zero-order chi connectivity index (χ0) is 15.9. The van der Waals surface area contributed by atoms with Crippen LogP contribution in [0.4, 0.5) is 5.69 Å². The van der Waals surface area contributed by atoms with Crippen molar-refractivity contribution in [3.05, 3.63) is 50.8 Å². The summed E-state index contributed by atoms with van der Waals surface area (Å²) in [4.78, 5) is 19.5. The topological polar surface area (TPSA) is 86.2 Å². The zero-order valence-corrected chi connectivity index (χ0v) is 13.2. The Hall–Kier alpha value is -2.19. The van der Waals surface area contributed by atoms with Crippen LogP contribution in [-0.2, 0) is 0 Å². The van der Waals surface area contributed by atoms with E-state index in [0.29, 0.717) is 20.9 Å². The standard InChI is InChI=1S/C13H10ClN5O2S/c1-7-5-8(2)18-12(15-7)16-13(17-18)22-11-4-3-9(19(20)21)6-10(11)14/h3-6H,1-2H3. The van der Waals surface area contributed by atoms with Gasteiger partial charge in [0.15, 0.2) is 0 Å². The van der Waals surface area contributed by atoms with Crippen LogP contribution in [0.1, 0.15) is 11.4 Å². The van der Waals surface area contributed by atoms with Gasteiger partial charge >= 0.3 is 0 Å². The smallest absolute Gasteiger partial charge is 0.258 e. The number of aryl methyl sites for hydroxylation is 2. The Morgan fingerprint density at radius 2 is 2.05 bits per heavy atom. The van der Waals surface area contributed by atoms with Crippen molar-refractivity contribution in [3.8, 4) is 0 Å². The molecular formula is C13H10ClN5O2S. The predicted octanol–water partition coefficient (Wildman–Crippen LogP) is 3.45. The lowest BCUT2D eigenvalue weighted by molar-refractivity contribution is -0.384. The molecule has 3 aromatic rings. The highest BCUT2D eigenvalue weighted by atomic mass is 35.5. The van der Waals surface area contributed by atoms with Gasteiger partial charge in [-0.25, -0.2) is 9.50 Å². The SMILES string of the molecule is Cc1cc(C)n2nc(Sc3ccc([N+](=O)[O-])cc3Cl)nc2n1. The average Bonchev–Trinajstić information content (AvgIpc) is 2.83. The number of nitro groups is 1. The Labute approximate surface area is 134 Å². The van der Waals surface area contributed by atoms with Crippen LogP contribution in [0, 0.1) is 24.0 Å². The summed E-state index contributed by atoms with van der Waals surface area (Å²) in [6.07, 6.45) is 0. The number of aromatic nitrogens is 4. The molecule has 0 saturated carbocycles. The van der Waals surface area contributed by atoms with E-state index < -0.39 is 4.92 Å². The van der Waals surface area contributed by atoms with E-state index in [2.05, 4.69) is 15.1 Å². The molecule has 7 nitrogen and oxygen atoms in total. The second kappa shape index (κ2) is 5.54. The minimum atomic E-state index is -0.487. The Morgan fingerprint density at radius 3 is 2.73 bits per heavy atom. The first-order chi connectivity index (χ1) is 10.4. The number of rotatable bonds is 3. The molecule has 112 valence electrons. The maximum atomic E-state index is 10.7. The van der Waals surface area contributed by atoms with E-state index in [1.54, 1.807) is 10.6 Å². The van der Waals surface area contributed by atoms with Crippen molar-refractivity contribution in [2.45, 2.75) is 23.9 Å². The largest absolute Gasteiger partial charge is 0.270 e. The van der Waals surface area contributed by atoms with E-state index >= 15 is 0 Å². The number of halogens is 1. The third kappa shape index (κ3) is 2.75. The van der Waals surface area contributed by atoms with Crippen LogP contribution in [0.3, 0.4) is 0 Å². The molecule has 9 heteroatoms. The van der Waals surface area contributed by atoms with Crippen molar-refractivity contribution in [2.24, 2.45) is 0 Å². The number of nitrogens with zero attached hydrogens (tertiary/aromatic N) is 5. The lowest BCUT2D eigenvalue weighted by Gasteiger charge is -2.00. The van der Waals surface area contributed by atoms with Crippen LogP contribution >= 0.6 is 23.4 Å². The fourth-order valence-corrected chi connectivity index (χ4v) is 3.01. The van der Waals surface area contributed by atoms with Crippen LogP contribution < -0.4 is 0 Å². The van der Waals surface area contributed by atoms with Crippen LogP contribution in [0.15, 0.2) is 34.3 Å². The van der Waals surface area contributed by atoms with Crippen molar-refractivity contribution in [2.75, 3.05) is 0 Å². The van der Waals surface area contributed by atoms with Crippen molar-refractivity contribution in [1.82, 2.24) is 19.6 Å². The van der Waals surface area contributed by atoms with Crippen molar-refractivity contribution < 1.29 is 4.92 Å². The summed E-state index contributed by atoms with van der Waals surface area (Å²) in [7, 11) is 0. The Balaban J connectivity index is 1.96. The van der Waals surface area contributed by atoms with Gasteiger partial charge in [-0.3, -0.25) is 10.1 Å². The van der Waals surface area contributed by atoms with Gasteiger partial charge in [-0.15, -0.1) is 5.10 Å². The molecule has 0 radical (unpaired) electrons. The van der Waals surface area contributed by atoms with Crippen LogP contribution in [-0.4, -0.2) is 24.5 Å². The summed E-state index contributed by atoms with van der Waals surface area (Å²) < 4.78 is 1.65. The summed E-state index contributed by atoms with van der Waals surface area (Å²) in [5.74, 6) is 0.512. The molecule has 0 aliphatic carbocycles. The fraction of sp³-hybridized carbons (Fsp3) is 0.154.